The fourth-order valence-corrected chi connectivity index (χ4v) is 3.12. The molecule has 3 aromatic rings. The fourth-order valence-electron chi connectivity index (χ4n) is 3.12. The Morgan fingerprint density at radius 2 is 1.71 bits per heavy atom. The number of unbranched alkanes of at least 4 members (excludes halogenated alkanes) is 2. The Morgan fingerprint density at radius 3 is 2.48 bits per heavy atom. The number of nitrogens with zero attached hydrogens (tertiary/aromatic N) is 1. The number of nitrogens with one attached hydrogen (secondary N) is 2. The first kappa shape index (κ1) is 22.5. The van der Waals surface area contributed by atoms with E-state index in [1.807, 2.05) is 42.5 Å². The number of rotatable bonds is 12. The zero-order chi connectivity index (χ0) is 21.7. The van der Waals surface area contributed by atoms with Crippen molar-refractivity contribution >= 4 is 17.4 Å². The molecule has 162 valence electrons. The van der Waals surface area contributed by atoms with Crippen LogP contribution in [0.5, 0.6) is 0 Å². The molecule has 1 amide bonds. The van der Waals surface area contributed by atoms with E-state index in [1.165, 1.54) is 5.56 Å². The van der Waals surface area contributed by atoms with E-state index in [1.54, 1.807) is 18.3 Å². The Bertz CT molecular complexity index is 930. The minimum atomic E-state index is -0.200. The highest BCUT2D eigenvalue weighted by atomic mass is 16.5. The van der Waals surface area contributed by atoms with Crippen LogP contribution in [0.1, 0.15) is 40.7 Å². The third-order valence-corrected chi connectivity index (χ3v) is 4.89. The summed E-state index contributed by atoms with van der Waals surface area (Å²) in [7, 11) is 0. The molecule has 0 aliphatic carbocycles. The van der Waals surface area contributed by atoms with Crippen molar-refractivity contribution in [3.05, 3.63) is 89.6 Å². The molecule has 0 bridgehead atoms. The van der Waals surface area contributed by atoms with Gasteiger partial charge in [-0.3, -0.25) is 4.79 Å². The van der Waals surface area contributed by atoms with Crippen molar-refractivity contribution < 1.29 is 9.53 Å². The summed E-state index contributed by atoms with van der Waals surface area (Å²) in [5, 5.41) is 6.23. The lowest BCUT2D eigenvalue weighted by Gasteiger charge is -2.09. The molecule has 0 atom stereocenters. The number of nitrogens with two attached hydrogens (primary N) is 1. The molecule has 0 aliphatic heterocycles. The molecule has 1 aromatic heterocycles. The van der Waals surface area contributed by atoms with Crippen LogP contribution in [0.3, 0.4) is 0 Å². The van der Waals surface area contributed by atoms with Crippen LogP contribution in [0, 0.1) is 0 Å². The van der Waals surface area contributed by atoms with Crippen molar-refractivity contribution in [2.45, 2.75) is 32.4 Å². The van der Waals surface area contributed by atoms with Gasteiger partial charge in [0.15, 0.2) is 0 Å². The number of amides is 1. The van der Waals surface area contributed by atoms with Crippen LogP contribution in [-0.4, -0.2) is 24.0 Å². The topological polar surface area (TPSA) is 89.3 Å². The summed E-state index contributed by atoms with van der Waals surface area (Å²) in [6.45, 7) is 3.22. The monoisotopic (exact) mass is 418 g/mol. The zero-order valence-electron chi connectivity index (χ0n) is 17.7. The maximum atomic E-state index is 12.3. The van der Waals surface area contributed by atoms with Gasteiger partial charge in [0.2, 0.25) is 0 Å². The summed E-state index contributed by atoms with van der Waals surface area (Å²) >= 11 is 0. The third kappa shape index (κ3) is 7.85. The minimum absolute atomic E-state index is 0.200. The van der Waals surface area contributed by atoms with Gasteiger partial charge in [-0.15, -0.1) is 0 Å². The van der Waals surface area contributed by atoms with E-state index in [0.29, 0.717) is 23.7 Å². The van der Waals surface area contributed by atoms with Gasteiger partial charge in [0.05, 0.1) is 12.3 Å². The molecule has 6 nitrogen and oxygen atoms in total. The Balaban J connectivity index is 1.26. The van der Waals surface area contributed by atoms with Gasteiger partial charge >= 0.3 is 0 Å². The number of benzene rings is 2. The molecule has 2 aromatic carbocycles. The number of carbonyl (C=O) groups excluding carboxylic acids is 1. The van der Waals surface area contributed by atoms with Crippen molar-refractivity contribution in [3.8, 4) is 0 Å². The molecule has 0 saturated heterocycles. The second-order valence-corrected chi connectivity index (χ2v) is 7.36. The lowest BCUT2D eigenvalue weighted by Crippen LogP contribution is -2.16. The average Bonchev–Trinajstić information content (AvgIpc) is 2.80. The Kier molecular flexibility index (Phi) is 9.04. The van der Waals surface area contributed by atoms with Crippen molar-refractivity contribution in [2.75, 3.05) is 24.2 Å². The Morgan fingerprint density at radius 1 is 0.903 bits per heavy atom. The van der Waals surface area contributed by atoms with E-state index in [0.717, 1.165) is 44.5 Å². The molecule has 3 rings (SSSR count). The SMILES string of the molecule is Nc1ncccc1NC(=O)c1ccc(CNCCCCCOCc2ccccc2)cc1. The van der Waals surface area contributed by atoms with E-state index in [2.05, 4.69) is 27.8 Å². The van der Waals surface area contributed by atoms with Gasteiger partial charge in [-0.25, -0.2) is 4.98 Å². The fraction of sp³-hybridized carbons (Fsp3) is 0.280. The van der Waals surface area contributed by atoms with Gasteiger partial charge < -0.3 is 21.1 Å². The number of hydrogen-bond donors (Lipinski definition) is 3. The highest BCUT2D eigenvalue weighted by Gasteiger charge is 2.08. The summed E-state index contributed by atoms with van der Waals surface area (Å²) < 4.78 is 5.71. The quantitative estimate of drug-likeness (QED) is 0.380. The first-order valence-electron chi connectivity index (χ1n) is 10.7. The molecule has 0 spiro atoms. The van der Waals surface area contributed by atoms with Crippen molar-refractivity contribution in [3.63, 3.8) is 0 Å². The normalized spacial score (nSPS) is 10.7. The summed E-state index contributed by atoms with van der Waals surface area (Å²) in [4.78, 5) is 16.3. The van der Waals surface area contributed by atoms with E-state index in [4.69, 9.17) is 10.5 Å². The smallest absolute Gasteiger partial charge is 0.255 e. The second kappa shape index (κ2) is 12.5. The minimum Gasteiger partial charge on any atom is -0.382 e. The first-order chi connectivity index (χ1) is 15.2. The van der Waals surface area contributed by atoms with Gasteiger partial charge in [-0.05, 0) is 61.2 Å². The van der Waals surface area contributed by atoms with Crippen LogP contribution in [0.4, 0.5) is 11.5 Å². The van der Waals surface area contributed by atoms with E-state index < -0.39 is 0 Å². The number of anilines is 2. The lowest BCUT2D eigenvalue weighted by atomic mass is 10.1. The first-order valence-corrected chi connectivity index (χ1v) is 10.7. The highest BCUT2D eigenvalue weighted by molar-refractivity contribution is 6.05. The van der Waals surface area contributed by atoms with Gasteiger partial charge in [-0.2, -0.15) is 0 Å². The second-order valence-electron chi connectivity index (χ2n) is 7.36. The summed E-state index contributed by atoms with van der Waals surface area (Å²) in [6, 6.07) is 21.3. The van der Waals surface area contributed by atoms with E-state index in [-0.39, 0.29) is 5.91 Å². The Hall–Kier alpha value is -3.22. The van der Waals surface area contributed by atoms with Gasteiger partial charge in [0.1, 0.15) is 5.82 Å². The van der Waals surface area contributed by atoms with Crippen molar-refractivity contribution in [1.82, 2.24) is 10.3 Å². The zero-order valence-corrected chi connectivity index (χ0v) is 17.7. The Labute approximate surface area is 183 Å². The standard InChI is InChI=1S/C25H30N4O2/c26-24-23(10-7-16-28-24)29-25(30)22-13-11-20(12-14-22)18-27-15-5-2-6-17-31-19-21-8-3-1-4-9-21/h1,3-4,7-14,16,27H,2,5-6,15,17-19H2,(H2,26,28)(H,29,30). The molecule has 6 heteroatoms. The molecule has 0 aliphatic rings. The van der Waals surface area contributed by atoms with Crippen LogP contribution >= 0.6 is 0 Å². The maximum Gasteiger partial charge on any atom is 0.255 e. The predicted molar refractivity (Wildman–Crippen MR) is 125 cm³/mol. The number of pyridine rings is 1. The highest BCUT2D eigenvalue weighted by Crippen LogP contribution is 2.15. The van der Waals surface area contributed by atoms with Crippen LogP contribution in [-0.2, 0) is 17.9 Å². The number of aromatic nitrogens is 1. The van der Waals surface area contributed by atoms with Crippen molar-refractivity contribution in [2.24, 2.45) is 0 Å². The van der Waals surface area contributed by atoms with Crippen LogP contribution in [0.25, 0.3) is 0 Å². The molecule has 31 heavy (non-hydrogen) atoms. The summed E-state index contributed by atoms with van der Waals surface area (Å²) in [6.07, 6.45) is 4.91. The average molecular weight is 419 g/mol. The van der Waals surface area contributed by atoms with Gasteiger partial charge in [-0.1, -0.05) is 42.5 Å². The number of carbonyl (C=O) groups is 1. The molecule has 0 unspecified atom stereocenters. The largest absolute Gasteiger partial charge is 0.382 e. The summed E-state index contributed by atoms with van der Waals surface area (Å²) in [5.74, 6) is 0.105. The summed E-state index contributed by atoms with van der Waals surface area (Å²) in [5.41, 5.74) is 9.23. The van der Waals surface area contributed by atoms with Crippen molar-refractivity contribution in [1.29, 1.82) is 0 Å². The lowest BCUT2D eigenvalue weighted by molar-refractivity contribution is 0.102. The van der Waals surface area contributed by atoms with Crippen LogP contribution in [0.2, 0.25) is 0 Å². The number of ether oxygens (including phenoxy) is 1. The number of nitrogen functional groups attached to an aromatic ring is 1. The molecule has 0 saturated carbocycles. The molecule has 4 N–H and O–H groups in total. The van der Waals surface area contributed by atoms with E-state index >= 15 is 0 Å². The van der Waals surface area contributed by atoms with Gasteiger partial charge in [0, 0.05) is 24.9 Å². The molecule has 0 fully saturated rings. The van der Waals surface area contributed by atoms with Crippen LogP contribution in [0.15, 0.2) is 72.9 Å². The van der Waals surface area contributed by atoms with Gasteiger partial charge in [0.25, 0.3) is 5.91 Å². The predicted octanol–water partition coefficient (Wildman–Crippen LogP) is 4.39. The molecule has 0 radical (unpaired) electrons. The number of hydrogen-bond acceptors (Lipinski definition) is 5. The molecular weight excluding hydrogens is 388 g/mol. The van der Waals surface area contributed by atoms with E-state index in [9.17, 15) is 4.79 Å². The maximum absolute atomic E-state index is 12.3. The third-order valence-electron chi connectivity index (χ3n) is 4.89. The molecule has 1 heterocycles. The van der Waals surface area contributed by atoms with Crippen LogP contribution < -0.4 is 16.4 Å². The molecular formula is C25H30N4O2.